The molecule has 0 radical (unpaired) electrons. The van der Waals surface area contributed by atoms with Crippen LogP contribution in [0.25, 0.3) is 0 Å². The topological polar surface area (TPSA) is 25.8 Å². The van der Waals surface area contributed by atoms with Gasteiger partial charge in [-0.1, -0.05) is 18.5 Å². The molecule has 1 aliphatic carbocycles. The third-order valence-corrected chi connectivity index (χ3v) is 2.50. The van der Waals surface area contributed by atoms with E-state index in [1.807, 2.05) is 0 Å². The first-order valence-corrected chi connectivity index (χ1v) is 4.24. The molecule has 2 nitrogen and oxygen atoms in total. The van der Waals surface area contributed by atoms with E-state index >= 15 is 0 Å². The molecule has 1 aliphatic rings. The van der Waals surface area contributed by atoms with Gasteiger partial charge in [0.25, 0.3) is 0 Å². The van der Waals surface area contributed by atoms with Gasteiger partial charge in [-0.25, -0.2) is 14.4 Å². The van der Waals surface area contributed by atoms with E-state index in [-0.39, 0.29) is 11.1 Å². The van der Waals surface area contributed by atoms with Crippen molar-refractivity contribution in [2.45, 2.75) is 19.3 Å². The van der Waals surface area contributed by atoms with Crippen molar-refractivity contribution in [3.63, 3.8) is 0 Å². The summed E-state index contributed by atoms with van der Waals surface area (Å²) in [5, 5.41) is -0.0703. The lowest BCUT2D eigenvalue weighted by atomic mass is 10.2. The van der Waals surface area contributed by atoms with Crippen molar-refractivity contribution >= 4 is 11.6 Å². The van der Waals surface area contributed by atoms with Gasteiger partial charge in [-0.3, -0.25) is 0 Å². The van der Waals surface area contributed by atoms with E-state index in [0.717, 1.165) is 6.42 Å². The Hall–Kier alpha value is -0.700. The first kappa shape index (κ1) is 7.92. The predicted molar refractivity (Wildman–Crippen MR) is 43.5 cm³/mol. The van der Waals surface area contributed by atoms with Gasteiger partial charge in [0.2, 0.25) is 0 Å². The van der Waals surface area contributed by atoms with Crippen LogP contribution < -0.4 is 0 Å². The number of nitrogens with zero attached hydrogens (tertiary/aromatic N) is 2. The van der Waals surface area contributed by atoms with Crippen LogP contribution in [0.15, 0.2) is 6.33 Å². The molecule has 1 aromatic heterocycles. The minimum Gasteiger partial charge on any atom is -0.238 e. The summed E-state index contributed by atoms with van der Waals surface area (Å²) >= 11 is 5.51. The molecule has 0 spiro atoms. The first-order valence-electron chi connectivity index (χ1n) is 3.86. The maximum atomic E-state index is 13.2. The van der Waals surface area contributed by atoms with E-state index in [0.29, 0.717) is 11.6 Å². The summed E-state index contributed by atoms with van der Waals surface area (Å²) in [7, 11) is 0. The number of hydrogen-bond acceptors (Lipinski definition) is 2. The highest BCUT2D eigenvalue weighted by Gasteiger charge is 2.37. The van der Waals surface area contributed by atoms with Gasteiger partial charge in [0.05, 0.1) is 5.69 Å². The standard InChI is InChI=1S/C8H8ClFN2/c1-4-2-5(4)7-6(10)8(9)12-3-11-7/h3-5H,2H2,1H3. The Labute approximate surface area is 74.8 Å². The van der Waals surface area contributed by atoms with Crippen LogP contribution in [0.2, 0.25) is 5.15 Å². The Kier molecular flexibility index (Phi) is 1.76. The Morgan fingerprint density at radius 2 is 2.25 bits per heavy atom. The van der Waals surface area contributed by atoms with E-state index in [1.54, 1.807) is 0 Å². The fourth-order valence-electron chi connectivity index (χ4n) is 1.32. The molecular formula is C8H8ClFN2. The van der Waals surface area contributed by atoms with E-state index in [4.69, 9.17) is 11.6 Å². The summed E-state index contributed by atoms with van der Waals surface area (Å²) in [6, 6.07) is 0. The van der Waals surface area contributed by atoms with Gasteiger partial charge >= 0.3 is 0 Å². The molecule has 2 unspecified atom stereocenters. The summed E-state index contributed by atoms with van der Waals surface area (Å²) < 4.78 is 13.2. The summed E-state index contributed by atoms with van der Waals surface area (Å²) in [6.07, 6.45) is 2.32. The lowest BCUT2D eigenvalue weighted by Gasteiger charge is -1.99. The van der Waals surface area contributed by atoms with E-state index in [9.17, 15) is 4.39 Å². The zero-order valence-electron chi connectivity index (χ0n) is 6.59. The first-order chi connectivity index (χ1) is 5.70. The van der Waals surface area contributed by atoms with Crippen molar-refractivity contribution in [2.75, 3.05) is 0 Å². The Morgan fingerprint density at radius 3 is 2.83 bits per heavy atom. The minimum atomic E-state index is -0.450. The smallest absolute Gasteiger partial charge is 0.182 e. The van der Waals surface area contributed by atoms with Crippen LogP contribution in [-0.2, 0) is 0 Å². The van der Waals surface area contributed by atoms with Crippen molar-refractivity contribution < 1.29 is 4.39 Å². The second kappa shape index (κ2) is 2.66. The fraction of sp³-hybridized carbons (Fsp3) is 0.500. The van der Waals surface area contributed by atoms with Crippen LogP contribution in [0, 0.1) is 11.7 Å². The Balaban J connectivity index is 2.38. The number of hydrogen-bond donors (Lipinski definition) is 0. The molecule has 2 rings (SSSR count). The highest BCUT2D eigenvalue weighted by atomic mass is 35.5. The van der Waals surface area contributed by atoms with Crippen molar-refractivity contribution in [3.05, 3.63) is 23.0 Å². The quantitative estimate of drug-likeness (QED) is 0.630. The summed E-state index contributed by atoms with van der Waals surface area (Å²) in [4.78, 5) is 7.43. The number of rotatable bonds is 1. The lowest BCUT2D eigenvalue weighted by molar-refractivity contribution is 0.588. The van der Waals surface area contributed by atoms with Crippen LogP contribution in [-0.4, -0.2) is 9.97 Å². The molecule has 2 atom stereocenters. The highest BCUT2D eigenvalue weighted by Crippen LogP contribution is 2.47. The molecule has 1 saturated carbocycles. The van der Waals surface area contributed by atoms with Crippen molar-refractivity contribution in [1.82, 2.24) is 9.97 Å². The zero-order valence-corrected chi connectivity index (χ0v) is 7.35. The van der Waals surface area contributed by atoms with Gasteiger partial charge in [-0.05, 0) is 12.3 Å². The van der Waals surface area contributed by atoms with Gasteiger partial charge in [0.15, 0.2) is 11.0 Å². The van der Waals surface area contributed by atoms with Gasteiger partial charge in [0.1, 0.15) is 6.33 Å². The third kappa shape index (κ3) is 1.18. The molecule has 12 heavy (non-hydrogen) atoms. The van der Waals surface area contributed by atoms with Gasteiger partial charge in [-0.2, -0.15) is 0 Å². The SMILES string of the molecule is CC1CC1c1ncnc(Cl)c1F. The molecule has 64 valence electrons. The van der Waals surface area contributed by atoms with Crippen molar-refractivity contribution in [3.8, 4) is 0 Å². The van der Waals surface area contributed by atoms with Crippen molar-refractivity contribution in [2.24, 2.45) is 5.92 Å². The third-order valence-electron chi connectivity index (χ3n) is 2.23. The van der Waals surface area contributed by atoms with Gasteiger partial charge in [0, 0.05) is 5.92 Å². The fourth-order valence-corrected chi connectivity index (χ4v) is 1.46. The zero-order chi connectivity index (χ0) is 8.72. The summed E-state index contributed by atoms with van der Waals surface area (Å²) in [5.74, 6) is 0.337. The molecule has 0 amide bonds. The average Bonchev–Trinajstić information content (AvgIpc) is 2.73. The van der Waals surface area contributed by atoms with E-state index in [1.165, 1.54) is 6.33 Å². The van der Waals surface area contributed by atoms with Crippen LogP contribution in [0.3, 0.4) is 0 Å². The van der Waals surface area contributed by atoms with Gasteiger partial charge in [-0.15, -0.1) is 0 Å². The normalized spacial score (nSPS) is 27.2. The maximum Gasteiger partial charge on any atom is 0.182 e. The second-order valence-electron chi connectivity index (χ2n) is 3.18. The van der Waals surface area contributed by atoms with Crippen molar-refractivity contribution in [1.29, 1.82) is 0 Å². The average molecular weight is 187 g/mol. The molecule has 0 bridgehead atoms. The summed E-state index contributed by atoms with van der Waals surface area (Å²) in [6.45, 7) is 2.07. The monoisotopic (exact) mass is 186 g/mol. The molecule has 4 heteroatoms. The molecular weight excluding hydrogens is 179 g/mol. The molecule has 0 saturated heterocycles. The van der Waals surface area contributed by atoms with Crippen LogP contribution in [0.5, 0.6) is 0 Å². The van der Waals surface area contributed by atoms with Crippen LogP contribution in [0.4, 0.5) is 4.39 Å². The Morgan fingerprint density at radius 1 is 1.58 bits per heavy atom. The predicted octanol–water partition coefficient (Wildman–Crippen LogP) is 2.39. The maximum absolute atomic E-state index is 13.2. The molecule has 0 N–H and O–H groups in total. The van der Waals surface area contributed by atoms with Crippen LogP contribution >= 0.6 is 11.6 Å². The molecule has 0 aliphatic heterocycles. The second-order valence-corrected chi connectivity index (χ2v) is 3.54. The molecule has 0 aromatic carbocycles. The number of aromatic nitrogens is 2. The van der Waals surface area contributed by atoms with Crippen LogP contribution in [0.1, 0.15) is 25.0 Å². The van der Waals surface area contributed by atoms with E-state index in [2.05, 4.69) is 16.9 Å². The molecule has 1 aromatic rings. The minimum absolute atomic E-state index is 0.0703. The highest BCUT2D eigenvalue weighted by molar-refractivity contribution is 6.29. The Bertz CT molecular complexity index is 316. The van der Waals surface area contributed by atoms with E-state index < -0.39 is 5.82 Å². The largest absolute Gasteiger partial charge is 0.238 e. The molecule has 1 fully saturated rings. The summed E-state index contributed by atoms with van der Waals surface area (Å²) in [5.41, 5.74) is 0.475. The lowest BCUT2D eigenvalue weighted by Crippen LogP contribution is -1.96. The number of halogens is 2. The molecule has 1 heterocycles. The van der Waals surface area contributed by atoms with Gasteiger partial charge < -0.3 is 0 Å².